The van der Waals surface area contributed by atoms with Gasteiger partial charge in [-0.1, -0.05) is 0 Å². The van der Waals surface area contributed by atoms with Gasteiger partial charge in [-0.3, -0.25) is 0 Å². The number of aromatic nitrogens is 2. The van der Waals surface area contributed by atoms with Crippen molar-refractivity contribution in [3.05, 3.63) is 11.9 Å². The van der Waals surface area contributed by atoms with E-state index in [4.69, 9.17) is 0 Å². The number of hydrogen-bond donors (Lipinski definition) is 2. The fourth-order valence-electron chi connectivity index (χ4n) is 2.04. The minimum Gasteiger partial charge on any atom is -0.370 e. The predicted molar refractivity (Wildman–Crippen MR) is 71.6 cm³/mol. The van der Waals surface area contributed by atoms with Crippen molar-refractivity contribution >= 4 is 21.5 Å². The monoisotopic (exact) mass is 270 g/mol. The van der Waals surface area contributed by atoms with Crippen LogP contribution in [0.25, 0.3) is 0 Å². The number of rotatable bonds is 4. The smallest absolute Gasteiger partial charge is 0.152 e. The summed E-state index contributed by atoms with van der Waals surface area (Å²) in [6, 6.07) is -0.0434. The molecule has 100 valence electrons. The minimum absolute atomic E-state index is 0.0434. The molecule has 0 aliphatic carbocycles. The van der Waals surface area contributed by atoms with Crippen molar-refractivity contribution in [3.8, 4) is 0 Å². The van der Waals surface area contributed by atoms with E-state index >= 15 is 0 Å². The fourth-order valence-corrected chi connectivity index (χ4v) is 3.72. The Morgan fingerprint density at radius 1 is 1.39 bits per heavy atom. The van der Waals surface area contributed by atoms with E-state index in [0.29, 0.717) is 12.2 Å². The average Bonchev–Trinajstić information content (AvgIpc) is 2.64. The Kier molecular flexibility index (Phi) is 3.70. The van der Waals surface area contributed by atoms with Crippen molar-refractivity contribution in [2.75, 3.05) is 28.7 Å². The molecule has 18 heavy (non-hydrogen) atoms. The summed E-state index contributed by atoms with van der Waals surface area (Å²) in [5.74, 6) is 1.95. The minimum atomic E-state index is -2.87. The molecule has 0 bridgehead atoms. The first-order valence-electron chi connectivity index (χ1n) is 6.04. The fraction of sp³-hybridized carbons (Fsp3) is 0.636. The number of nitrogens with one attached hydrogen (secondary N) is 2. The quantitative estimate of drug-likeness (QED) is 0.842. The zero-order chi connectivity index (χ0) is 13.2. The molecule has 7 heteroatoms. The van der Waals surface area contributed by atoms with Crippen LogP contribution in [-0.2, 0) is 9.84 Å². The predicted octanol–water partition coefficient (Wildman–Crippen LogP) is 0.816. The summed E-state index contributed by atoms with van der Waals surface area (Å²) in [4.78, 5) is 8.33. The molecule has 6 nitrogen and oxygen atoms in total. The van der Waals surface area contributed by atoms with Crippen LogP contribution in [0.4, 0.5) is 11.6 Å². The molecule has 0 aromatic carbocycles. The largest absolute Gasteiger partial charge is 0.370 e. The summed E-state index contributed by atoms with van der Waals surface area (Å²) in [6.45, 7) is 4.71. The summed E-state index contributed by atoms with van der Waals surface area (Å²) in [5.41, 5.74) is 0.920. The molecular weight excluding hydrogens is 252 g/mol. The molecule has 1 aliphatic rings. The van der Waals surface area contributed by atoms with Gasteiger partial charge in [-0.05, 0) is 20.3 Å². The molecule has 1 unspecified atom stereocenters. The maximum absolute atomic E-state index is 11.4. The highest BCUT2D eigenvalue weighted by atomic mass is 32.2. The number of nitrogens with zero attached hydrogens (tertiary/aromatic N) is 2. The maximum atomic E-state index is 11.4. The first-order chi connectivity index (χ1) is 8.52. The van der Waals surface area contributed by atoms with Crippen LogP contribution in [0.15, 0.2) is 6.33 Å². The molecule has 1 aromatic heterocycles. The zero-order valence-electron chi connectivity index (χ0n) is 10.6. The van der Waals surface area contributed by atoms with E-state index in [2.05, 4.69) is 20.6 Å². The molecule has 2 rings (SSSR count). The lowest BCUT2D eigenvalue weighted by molar-refractivity contribution is 0.602. The molecule has 2 heterocycles. The summed E-state index contributed by atoms with van der Waals surface area (Å²) < 4.78 is 22.8. The number of anilines is 2. The van der Waals surface area contributed by atoms with E-state index in [9.17, 15) is 8.42 Å². The number of sulfone groups is 1. The van der Waals surface area contributed by atoms with Crippen LogP contribution in [0.5, 0.6) is 0 Å². The second-order valence-corrected chi connectivity index (χ2v) is 6.70. The molecule has 0 saturated carbocycles. The lowest BCUT2D eigenvalue weighted by atomic mass is 10.2. The van der Waals surface area contributed by atoms with Crippen LogP contribution in [0.1, 0.15) is 18.9 Å². The SMILES string of the molecule is CCNc1ncnc(NC2CCS(=O)(=O)C2)c1C. The van der Waals surface area contributed by atoms with Crippen LogP contribution in [0, 0.1) is 6.92 Å². The first-order valence-corrected chi connectivity index (χ1v) is 7.86. The molecular formula is C11H18N4O2S. The highest BCUT2D eigenvalue weighted by Crippen LogP contribution is 2.21. The molecule has 1 atom stereocenters. The Bertz CT molecular complexity index is 530. The first kappa shape index (κ1) is 13.1. The van der Waals surface area contributed by atoms with Crippen LogP contribution in [0.3, 0.4) is 0 Å². The van der Waals surface area contributed by atoms with E-state index in [1.165, 1.54) is 6.33 Å². The molecule has 1 aliphatic heterocycles. The molecule has 1 saturated heterocycles. The standard InChI is InChI=1S/C11H18N4O2S/c1-3-12-10-8(2)11(14-7-13-10)15-9-4-5-18(16,17)6-9/h7,9H,3-6H2,1-2H3,(H2,12,13,14,15). The Labute approximate surface area is 107 Å². The van der Waals surface area contributed by atoms with Crippen LogP contribution in [0.2, 0.25) is 0 Å². The highest BCUT2D eigenvalue weighted by molar-refractivity contribution is 7.91. The topological polar surface area (TPSA) is 84.0 Å². The van der Waals surface area contributed by atoms with Crippen molar-refractivity contribution < 1.29 is 8.42 Å². The van der Waals surface area contributed by atoms with Crippen molar-refractivity contribution in [3.63, 3.8) is 0 Å². The lowest BCUT2D eigenvalue weighted by Crippen LogP contribution is -2.22. The molecule has 2 N–H and O–H groups in total. The second-order valence-electron chi connectivity index (χ2n) is 4.47. The summed E-state index contributed by atoms with van der Waals surface area (Å²) in [5, 5.41) is 6.34. The Balaban J connectivity index is 2.12. The van der Waals surface area contributed by atoms with Crippen molar-refractivity contribution in [1.29, 1.82) is 0 Å². The van der Waals surface area contributed by atoms with E-state index in [-0.39, 0.29) is 17.5 Å². The average molecular weight is 270 g/mol. The molecule has 1 fully saturated rings. The third kappa shape index (κ3) is 2.90. The molecule has 0 radical (unpaired) electrons. The third-order valence-corrected chi connectivity index (χ3v) is 4.77. The van der Waals surface area contributed by atoms with Crippen molar-refractivity contribution in [2.24, 2.45) is 0 Å². The van der Waals surface area contributed by atoms with Crippen molar-refractivity contribution in [2.45, 2.75) is 26.3 Å². The Morgan fingerprint density at radius 3 is 2.72 bits per heavy atom. The van der Waals surface area contributed by atoms with E-state index < -0.39 is 9.84 Å². The van der Waals surface area contributed by atoms with Gasteiger partial charge in [0.25, 0.3) is 0 Å². The van der Waals surface area contributed by atoms with Gasteiger partial charge >= 0.3 is 0 Å². The van der Waals surface area contributed by atoms with E-state index in [1.807, 2.05) is 13.8 Å². The van der Waals surface area contributed by atoms with Gasteiger partial charge in [0.2, 0.25) is 0 Å². The van der Waals surface area contributed by atoms with Gasteiger partial charge in [0, 0.05) is 18.2 Å². The van der Waals surface area contributed by atoms with Gasteiger partial charge in [0.05, 0.1) is 11.5 Å². The third-order valence-electron chi connectivity index (χ3n) is 3.00. The molecule has 0 spiro atoms. The van der Waals surface area contributed by atoms with E-state index in [0.717, 1.165) is 17.9 Å². The molecule has 1 aromatic rings. The van der Waals surface area contributed by atoms with Crippen LogP contribution >= 0.6 is 0 Å². The summed E-state index contributed by atoms with van der Waals surface area (Å²) in [7, 11) is -2.87. The van der Waals surface area contributed by atoms with E-state index in [1.54, 1.807) is 0 Å². The van der Waals surface area contributed by atoms with Gasteiger partial charge < -0.3 is 10.6 Å². The highest BCUT2D eigenvalue weighted by Gasteiger charge is 2.28. The number of hydrogen-bond acceptors (Lipinski definition) is 6. The van der Waals surface area contributed by atoms with Gasteiger partial charge in [0.15, 0.2) is 9.84 Å². The normalized spacial score (nSPS) is 21.8. The summed E-state index contributed by atoms with van der Waals surface area (Å²) in [6.07, 6.45) is 2.12. The van der Waals surface area contributed by atoms with Gasteiger partial charge in [0.1, 0.15) is 18.0 Å². The Hall–Kier alpha value is -1.37. The zero-order valence-corrected chi connectivity index (χ0v) is 11.4. The summed E-state index contributed by atoms with van der Waals surface area (Å²) >= 11 is 0. The van der Waals surface area contributed by atoms with Crippen molar-refractivity contribution in [1.82, 2.24) is 9.97 Å². The van der Waals surface area contributed by atoms with Gasteiger partial charge in [-0.25, -0.2) is 18.4 Å². The van der Waals surface area contributed by atoms with Gasteiger partial charge in [-0.2, -0.15) is 0 Å². The van der Waals surface area contributed by atoms with Gasteiger partial charge in [-0.15, -0.1) is 0 Å². The van der Waals surface area contributed by atoms with Crippen LogP contribution in [-0.4, -0.2) is 42.5 Å². The maximum Gasteiger partial charge on any atom is 0.152 e. The van der Waals surface area contributed by atoms with Crippen LogP contribution < -0.4 is 10.6 Å². The Morgan fingerprint density at radius 2 is 2.11 bits per heavy atom. The lowest BCUT2D eigenvalue weighted by Gasteiger charge is -2.15. The molecule has 0 amide bonds. The second kappa shape index (κ2) is 5.09.